The van der Waals surface area contributed by atoms with Crippen LogP contribution in [0, 0.1) is 5.82 Å². The summed E-state index contributed by atoms with van der Waals surface area (Å²) in [5.41, 5.74) is 1.08. The van der Waals surface area contributed by atoms with E-state index in [1.54, 1.807) is 16.2 Å². The third-order valence-corrected chi connectivity index (χ3v) is 7.28. The van der Waals surface area contributed by atoms with Crippen molar-refractivity contribution < 1.29 is 22.5 Å². The van der Waals surface area contributed by atoms with Crippen molar-refractivity contribution in [2.24, 2.45) is 0 Å². The van der Waals surface area contributed by atoms with Crippen molar-refractivity contribution in [3.8, 4) is 0 Å². The first-order chi connectivity index (χ1) is 12.8. The van der Waals surface area contributed by atoms with Gasteiger partial charge in [-0.1, -0.05) is 0 Å². The number of piperazine rings is 1. The van der Waals surface area contributed by atoms with Gasteiger partial charge in [0.05, 0.1) is 36.6 Å². The maximum Gasteiger partial charge on any atom is 0.257 e. The summed E-state index contributed by atoms with van der Waals surface area (Å²) >= 11 is 1.67. The highest BCUT2D eigenvalue weighted by molar-refractivity contribution is 7.89. The number of rotatable bonds is 5. The van der Waals surface area contributed by atoms with E-state index in [0.717, 1.165) is 36.1 Å². The van der Waals surface area contributed by atoms with E-state index in [-0.39, 0.29) is 10.5 Å². The minimum Gasteiger partial charge on any atom is -0.328 e. The lowest BCUT2D eigenvalue weighted by molar-refractivity contribution is -0.917. The lowest BCUT2D eigenvalue weighted by Gasteiger charge is -2.32. The minimum absolute atomic E-state index is 0.0843. The summed E-state index contributed by atoms with van der Waals surface area (Å²) in [6.07, 6.45) is 0. The highest BCUT2D eigenvalue weighted by atomic mass is 32.2. The third kappa shape index (κ3) is 4.37. The van der Waals surface area contributed by atoms with Crippen LogP contribution in [0.5, 0.6) is 0 Å². The molecule has 1 aromatic carbocycles. The van der Waals surface area contributed by atoms with E-state index in [0.29, 0.717) is 13.1 Å². The third-order valence-electron chi connectivity index (χ3n) is 4.74. The normalized spacial score (nSPS) is 16.1. The number of hydrogen-bond donors (Lipinski definition) is 1. The zero-order valence-electron chi connectivity index (χ0n) is 15.3. The van der Waals surface area contributed by atoms with Gasteiger partial charge in [0.25, 0.3) is 5.91 Å². The Kier molecular flexibility index (Phi) is 5.95. The largest absolute Gasteiger partial charge is 0.328 e. The van der Waals surface area contributed by atoms with E-state index >= 15 is 0 Å². The molecule has 0 aliphatic carbocycles. The number of sulfonamides is 1. The van der Waals surface area contributed by atoms with Gasteiger partial charge in [-0.25, -0.2) is 17.1 Å². The molecular formula is C18H23FN3O3S2+. The summed E-state index contributed by atoms with van der Waals surface area (Å²) in [5.74, 6) is -1.16. The molecule has 0 atom stereocenters. The Bertz CT molecular complexity index is 906. The second-order valence-corrected chi connectivity index (χ2v) is 9.71. The fourth-order valence-electron chi connectivity index (χ4n) is 3.09. The average molecular weight is 413 g/mol. The van der Waals surface area contributed by atoms with Gasteiger partial charge in [0, 0.05) is 19.7 Å². The predicted octanol–water partition coefficient (Wildman–Crippen LogP) is 0.678. The number of quaternary nitrogens is 1. The maximum absolute atomic E-state index is 14.2. The van der Waals surface area contributed by atoms with Crippen LogP contribution in [0.3, 0.4) is 0 Å². The molecule has 6 nitrogen and oxygen atoms in total. The second kappa shape index (κ2) is 8.05. The van der Waals surface area contributed by atoms with Gasteiger partial charge in [0.2, 0.25) is 10.0 Å². The molecule has 2 heterocycles. The van der Waals surface area contributed by atoms with E-state index in [1.807, 2.05) is 5.38 Å². The molecule has 27 heavy (non-hydrogen) atoms. The van der Waals surface area contributed by atoms with Gasteiger partial charge in [-0.2, -0.15) is 11.3 Å². The van der Waals surface area contributed by atoms with Gasteiger partial charge in [0.1, 0.15) is 12.4 Å². The molecule has 1 aliphatic heterocycles. The van der Waals surface area contributed by atoms with Gasteiger partial charge >= 0.3 is 0 Å². The van der Waals surface area contributed by atoms with Crippen LogP contribution in [-0.4, -0.2) is 63.8 Å². The summed E-state index contributed by atoms with van der Waals surface area (Å²) < 4.78 is 39.8. The molecular weight excluding hydrogens is 389 g/mol. The van der Waals surface area contributed by atoms with Crippen molar-refractivity contribution >= 4 is 27.3 Å². The summed E-state index contributed by atoms with van der Waals surface area (Å²) in [6.45, 7) is 3.50. The Labute approximate surface area is 162 Å². The number of benzene rings is 1. The first-order valence-corrected chi connectivity index (χ1v) is 11.0. The van der Waals surface area contributed by atoms with Crippen LogP contribution in [0.1, 0.15) is 15.9 Å². The second-order valence-electron chi connectivity index (χ2n) is 6.78. The first kappa shape index (κ1) is 19.9. The predicted molar refractivity (Wildman–Crippen MR) is 102 cm³/mol. The quantitative estimate of drug-likeness (QED) is 0.786. The summed E-state index contributed by atoms with van der Waals surface area (Å²) in [4.78, 5) is 15.7. The molecule has 1 aromatic heterocycles. The molecule has 146 valence electrons. The molecule has 1 aliphatic rings. The number of halogens is 1. The smallest absolute Gasteiger partial charge is 0.257 e. The summed E-state index contributed by atoms with van der Waals surface area (Å²) in [7, 11) is -0.928. The van der Waals surface area contributed by atoms with Gasteiger partial charge in [-0.15, -0.1) is 0 Å². The molecule has 0 radical (unpaired) electrons. The Morgan fingerprint density at radius 1 is 1.26 bits per heavy atom. The molecule has 1 amide bonds. The number of amides is 1. The fraction of sp³-hybridized carbons (Fsp3) is 0.389. The summed E-state index contributed by atoms with van der Waals surface area (Å²) in [6, 6.07) is 5.46. The Hall–Kier alpha value is -1.81. The van der Waals surface area contributed by atoms with Crippen molar-refractivity contribution in [1.29, 1.82) is 0 Å². The Balaban J connectivity index is 1.71. The molecule has 9 heteroatoms. The number of carbonyl (C=O) groups excluding carboxylic acids is 1. The molecule has 2 aromatic rings. The van der Waals surface area contributed by atoms with E-state index in [9.17, 15) is 17.6 Å². The minimum atomic E-state index is -3.73. The maximum atomic E-state index is 14.2. The van der Waals surface area contributed by atoms with Crippen molar-refractivity contribution in [3.63, 3.8) is 0 Å². The molecule has 3 rings (SSSR count). The lowest BCUT2D eigenvalue weighted by Crippen LogP contribution is -3.13. The number of thiophene rings is 1. The summed E-state index contributed by atoms with van der Waals surface area (Å²) in [5, 5.41) is 4.17. The Morgan fingerprint density at radius 2 is 1.96 bits per heavy atom. The van der Waals surface area contributed by atoms with Crippen molar-refractivity contribution in [2.75, 3.05) is 40.3 Å². The zero-order chi connectivity index (χ0) is 19.6. The van der Waals surface area contributed by atoms with Crippen LogP contribution >= 0.6 is 11.3 Å². The van der Waals surface area contributed by atoms with Crippen LogP contribution < -0.4 is 4.90 Å². The van der Waals surface area contributed by atoms with E-state index in [2.05, 4.69) is 11.4 Å². The molecule has 0 bridgehead atoms. The van der Waals surface area contributed by atoms with Crippen molar-refractivity contribution in [1.82, 2.24) is 9.21 Å². The van der Waals surface area contributed by atoms with Crippen LogP contribution in [0.2, 0.25) is 0 Å². The topological polar surface area (TPSA) is 62.1 Å². The van der Waals surface area contributed by atoms with Crippen molar-refractivity contribution in [3.05, 3.63) is 52.0 Å². The van der Waals surface area contributed by atoms with E-state index < -0.39 is 21.7 Å². The number of nitrogens with zero attached hydrogens (tertiary/aromatic N) is 2. The number of carbonyl (C=O) groups is 1. The molecule has 1 saturated heterocycles. The molecule has 0 saturated carbocycles. The van der Waals surface area contributed by atoms with Gasteiger partial charge in [-0.05, 0) is 35.0 Å². The number of hydrogen-bond acceptors (Lipinski definition) is 4. The number of nitrogens with one attached hydrogen (secondary N) is 1. The van der Waals surface area contributed by atoms with Crippen LogP contribution in [0.4, 0.5) is 4.39 Å². The molecule has 0 spiro atoms. The van der Waals surface area contributed by atoms with Crippen LogP contribution in [0.25, 0.3) is 0 Å². The zero-order valence-corrected chi connectivity index (χ0v) is 16.9. The van der Waals surface area contributed by atoms with Gasteiger partial charge in [0.15, 0.2) is 0 Å². The molecule has 0 unspecified atom stereocenters. The van der Waals surface area contributed by atoms with Crippen LogP contribution in [-0.2, 0) is 16.6 Å². The highest BCUT2D eigenvalue weighted by Crippen LogP contribution is 2.19. The lowest BCUT2D eigenvalue weighted by atomic mass is 10.1. The van der Waals surface area contributed by atoms with E-state index in [1.165, 1.54) is 30.6 Å². The van der Waals surface area contributed by atoms with Gasteiger partial charge in [-0.3, -0.25) is 4.79 Å². The monoisotopic (exact) mass is 412 g/mol. The SMILES string of the molecule is CN(C)S(=O)(=O)c1ccc(F)c(C(=O)N2CC[NH+](Cc3ccsc3)CC2)c1. The molecule has 1 fully saturated rings. The van der Waals surface area contributed by atoms with Crippen LogP contribution in [0.15, 0.2) is 39.9 Å². The molecule has 1 N–H and O–H groups in total. The average Bonchev–Trinajstić information content (AvgIpc) is 3.15. The first-order valence-electron chi connectivity index (χ1n) is 8.65. The highest BCUT2D eigenvalue weighted by Gasteiger charge is 2.28. The van der Waals surface area contributed by atoms with Crippen molar-refractivity contribution in [2.45, 2.75) is 11.4 Å². The fourth-order valence-corrected chi connectivity index (χ4v) is 4.69. The van der Waals surface area contributed by atoms with E-state index in [4.69, 9.17) is 0 Å². The Morgan fingerprint density at radius 3 is 2.56 bits per heavy atom. The van der Waals surface area contributed by atoms with Gasteiger partial charge < -0.3 is 9.80 Å². The standard InChI is InChI=1S/C18H22FN3O3S2/c1-20(2)27(24,25)15-3-4-17(19)16(11-15)18(23)22-8-6-21(7-9-22)12-14-5-10-26-13-14/h3-5,10-11,13H,6-9,12H2,1-2H3/p+1.